The molecule has 3 N–H and O–H groups in total. The molecule has 0 bridgehead atoms. The number of carbonyl (C=O) groups is 4. The standard InChI is InChI=1S/C25H23N5O4/c1-16-13-19(17(2)30(16)28-23(32)18-9-5-3-6-10-18)14-21-24(33)29(25(34)27-21)15-22(31)26-20-11-7-4-8-12-20/h3-14H,15H2,1-2H3,(H,26,31)(H,27,34)(H,28,32)/b21-14-. The minimum atomic E-state index is -0.675. The highest BCUT2D eigenvalue weighted by Crippen LogP contribution is 2.20. The summed E-state index contributed by atoms with van der Waals surface area (Å²) in [6.45, 7) is 3.19. The molecule has 172 valence electrons. The molecule has 1 aliphatic rings. The van der Waals surface area contributed by atoms with E-state index in [4.69, 9.17) is 0 Å². The Morgan fingerprint density at radius 1 is 0.971 bits per heavy atom. The number of aromatic nitrogens is 1. The van der Waals surface area contributed by atoms with Crippen LogP contribution in [0.4, 0.5) is 10.5 Å². The lowest BCUT2D eigenvalue weighted by molar-refractivity contribution is -0.127. The molecule has 1 saturated heterocycles. The molecule has 5 amide bonds. The van der Waals surface area contributed by atoms with Crippen LogP contribution in [-0.2, 0) is 9.59 Å². The number of anilines is 1. The van der Waals surface area contributed by atoms with E-state index in [2.05, 4.69) is 16.1 Å². The maximum Gasteiger partial charge on any atom is 0.329 e. The zero-order chi connectivity index (χ0) is 24.2. The fourth-order valence-corrected chi connectivity index (χ4v) is 3.60. The Morgan fingerprint density at radius 3 is 2.29 bits per heavy atom. The normalized spacial score (nSPS) is 14.3. The lowest BCUT2D eigenvalue weighted by atomic mass is 10.2. The molecule has 0 saturated carbocycles. The van der Waals surface area contributed by atoms with Crippen LogP contribution in [0.2, 0.25) is 0 Å². The number of nitrogens with zero attached hydrogens (tertiary/aromatic N) is 2. The van der Waals surface area contributed by atoms with Gasteiger partial charge in [0.2, 0.25) is 5.91 Å². The summed E-state index contributed by atoms with van der Waals surface area (Å²) < 4.78 is 1.62. The van der Waals surface area contributed by atoms with E-state index in [1.807, 2.05) is 19.1 Å². The molecule has 0 aliphatic carbocycles. The second-order valence-corrected chi connectivity index (χ2v) is 7.76. The van der Waals surface area contributed by atoms with Crippen molar-refractivity contribution >= 4 is 35.5 Å². The molecule has 1 aromatic heterocycles. The summed E-state index contributed by atoms with van der Waals surface area (Å²) in [5.41, 5.74) is 6.02. The van der Waals surface area contributed by atoms with Gasteiger partial charge in [0.05, 0.1) is 0 Å². The fraction of sp³-hybridized carbons (Fsp3) is 0.120. The number of imide groups is 1. The van der Waals surface area contributed by atoms with Gasteiger partial charge in [0.15, 0.2) is 0 Å². The number of hydrogen-bond acceptors (Lipinski definition) is 4. The SMILES string of the molecule is Cc1cc(/C=C2\NC(=O)N(CC(=O)Nc3ccccc3)C2=O)c(C)n1NC(=O)c1ccccc1. The van der Waals surface area contributed by atoms with Crippen molar-refractivity contribution in [3.05, 3.63) is 94.9 Å². The summed E-state index contributed by atoms with van der Waals surface area (Å²) in [5, 5.41) is 5.17. The first-order chi connectivity index (χ1) is 16.3. The molecule has 9 nitrogen and oxygen atoms in total. The molecule has 34 heavy (non-hydrogen) atoms. The Bertz CT molecular complexity index is 1300. The summed E-state index contributed by atoms with van der Waals surface area (Å²) in [4.78, 5) is 50.8. The molecule has 4 rings (SSSR count). The third-order valence-electron chi connectivity index (χ3n) is 5.34. The zero-order valence-electron chi connectivity index (χ0n) is 18.7. The van der Waals surface area contributed by atoms with E-state index < -0.39 is 24.4 Å². The maximum absolute atomic E-state index is 12.8. The number of benzene rings is 2. The van der Waals surface area contributed by atoms with Crippen molar-refractivity contribution in [2.24, 2.45) is 0 Å². The average Bonchev–Trinajstić information content (AvgIpc) is 3.24. The van der Waals surface area contributed by atoms with Crippen LogP contribution in [0, 0.1) is 13.8 Å². The molecule has 1 aliphatic heterocycles. The molecular weight excluding hydrogens is 434 g/mol. The Morgan fingerprint density at radius 2 is 1.62 bits per heavy atom. The van der Waals surface area contributed by atoms with Crippen LogP contribution in [0.5, 0.6) is 0 Å². The van der Waals surface area contributed by atoms with Gasteiger partial charge in [-0.25, -0.2) is 9.69 Å². The van der Waals surface area contributed by atoms with Crippen LogP contribution in [-0.4, -0.2) is 39.9 Å². The van der Waals surface area contributed by atoms with E-state index in [1.54, 1.807) is 66.2 Å². The van der Waals surface area contributed by atoms with Gasteiger partial charge in [0.1, 0.15) is 12.2 Å². The van der Waals surface area contributed by atoms with Gasteiger partial charge in [-0.3, -0.25) is 24.5 Å². The molecule has 0 radical (unpaired) electrons. The van der Waals surface area contributed by atoms with Gasteiger partial charge in [0.25, 0.3) is 11.8 Å². The molecule has 3 aromatic rings. The second-order valence-electron chi connectivity index (χ2n) is 7.76. The van der Waals surface area contributed by atoms with Crippen molar-refractivity contribution in [1.29, 1.82) is 0 Å². The van der Waals surface area contributed by atoms with Crippen molar-refractivity contribution < 1.29 is 19.2 Å². The number of aryl methyl sites for hydroxylation is 1. The lowest BCUT2D eigenvalue weighted by Gasteiger charge is -2.12. The number of urea groups is 1. The Labute approximate surface area is 196 Å². The van der Waals surface area contributed by atoms with Crippen molar-refractivity contribution in [1.82, 2.24) is 14.9 Å². The highest BCUT2D eigenvalue weighted by molar-refractivity contribution is 6.16. The highest BCUT2D eigenvalue weighted by Gasteiger charge is 2.35. The monoisotopic (exact) mass is 457 g/mol. The van der Waals surface area contributed by atoms with E-state index in [0.29, 0.717) is 22.5 Å². The molecule has 2 heterocycles. The first-order valence-corrected chi connectivity index (χ1v) is 10.6. The summed E-state index contributed by atoms with van der Waals surface area (Å²) in [7, 11) is 0. The number of amides is 5. The molecule has 1 fully saturated rings. The molecular formula is C25H23N5O4. The Balaban J connectivity index is 1.48. The van der Waals surface area contributed by atoms with Crippen LogP contribution in [0.15, 0.2) is 72.4 Å². The first-order valence-electron chi connectivity index (χ1n) is 10.6. The van der Waals surface area contributed by atoms with Crippen molar-refractivity contribution in [3.63, 3.8) is 0 Å². The minimum Gasteiger partial charge on any atom is -0.325 e. The van der Waals surface area contributed by atoms with Crippen LogP contribution in [0.25, 0.3) is 6.08 Å². The third kappa shape index (κ3) is 4.73. The van der Waals surface area contributed by atoms with Gasteiger partial charge < -0.3 is 10.6 Å². The van der Waals surface area contributed by atoms with Gasteiger partial charge in [-0.1, -0.05) is 36.4 Å². The van der Waals surface area contributed by atoms with Gasteiger partial charge >= 0.3 is 6.03 Å². The predicted molar refractivity (Wildman–Crippen MR) is 127 cm³/mol. The van der Waals surface area contributed by atoms with Crippen molar-refractivity contribution in [2.45, 2.75) is 13.8 Å². The van der Waals surface area contributed by atoms with Gasteiger partial charge in [-0.05, 0) is 55.8 Å². The summed E-state index contributed by atoms with van der Waals surface area (Å²) in [6, 6.07) is 18.7. The molecule has 2 aromatic carbocycles. The highest BCUT2D eigenvalue weighted by atomic mass is 16.2. The minimum absolute atomic E-state index is 0.0483. The second kappa shape index (κ2) is 9.45. The van der Waals surface area contributed by atoms with Gasteiger partial charge in [-0.15, -0.1) is 0 Å². The quantitative estimate of drug-likeness (QED) is 0.390. The fourth-order valence-electron chi connectivity index (χ4n) is 3.60. The van der Waals surface area contributed by atoms with Crippen molar-refractivity contribution in [2.75, 3.05) is 17.3 Å². The van der Waals surface area contributed by atoms with Crippen LogP contribution >= 0.6 is 0 Å². The van der Waals surface area contributed by atoms with E-state index in [0.717, 1.165) is 10.6 Å². The van der Waals surface area contributed by atoms with Crippen LogP contribution in [0.1, 0.15) is 27.3 Å². The third-order valence-corrected chi connectivity index (χ3v) is 5.34. The molecule has 0 spiro atoms. The largest absolute Gasteiger partial charge is 0.329 e. The zero-order valence-corrected chi connectivity index (χ0v) is 18.7. The van der Waals surface area contributed by atoms with Crippen molar-refractivity contribution in [3.8, 4) is 0 Å². The Hall–Kier alpha value is -4.66. The number of carbonyl (C=O) groups excluding carboxylic acids is 4. The van der Waals surface area contributed by atoms with E-state index in [1.165, 1.54) is 6.08 Å². The van der Waals surface area contributed by atoms with E-state index in [9.17, 15) is 19.2 Å². The Kier molecular flexibility index (Phi) is 6.26. The van der Waals surface area contributed by atoms with E-state index >= 15 is 0 Å². The number of rotatable bonds is 6. The van der Waals surface area contributed by atoms with Crippen LogP contribution < -0.4 is 16.1 Å². The number of nitrogens with one attached hydrogen (secondary N) is 3. The maximum atomic E-state index is 12.8. The molecule has 0 unspecified atom stereocenters. The molecule has 0 atom stereocenters. The number of para-hydroxylation sites is 1. The van der Waals surface area contributed by atoms with Crippen LogP contribution in [0.3, 0.4) is 0 Å². The van der Waals surface area contributed by atoms with Gasteiger partial charge in [0, 0.05) is 22.6 Å². The summed E-state index contributed by atoms with van der Waals surface area (Å²) in [6.07, 6.45) is 1.53. The van der Waals surface area contributed by atoms with E-state index in [-0.39, 0.29) is 11.6 Å². The van der Waals surface area contributed by atoms with Gasteiger partial charge in [-0.2, -0.15) is 0 Å². The number of hydrogen-bond donors (Lipinski definition) is 3. The lowest BCUT2D eigenvalue weighted by Crippen LogP contribution is -2.38. The molecule has 9 heteroatoms. The first kappa shape index (κ1) is 22.5. The predicted octanol–water partition coefficient (Wildman–Crippen LogP) is 3.02. The topological polar surface area (TPSA) is 113 Å². The average molecular weight is 457 g/mol. The smallest absolute Gasteiger partial charge is 0.325 e. The summed E-state index contributed by atoms with van der Waals surface area (Å²) in [5.74, 6) is -1.37. The summed E-state index contributed by atoms with van der Waals surface area (Å²) >= 11 is 0.